The minimum atomic E-state index is -0.854. The third kappa shape index (κ3) is 14.4. The Morgan fingerprint density at radius 3 is 2.23 bits per heavy atom. The maximum Gasteiger partial charge on any atom is 0.408 e. The van der Waals surface area contributed by atoms with E-state index >= 15 is 0 Å². The quantitative estimate of drug-likeness (QED) is 0.0915. The van der Waals surface area contributed by atoms with E-state index in [2.05, 4.69) is 22.2 Å². The molecule has 3 amide bonds. The highest BCUT2D eigenvalue weighted by molar-refractivity contribution is 7.09. The molecule has 12 nitrogen and oxygen atoms in total. The van der Waals surface area contributed by atoms with Crippen LogP contribution in [0.15, 0.2) is 48.4 Å². The molecular formula is C39H58N4O8S. The zero-order valence-corrected chi connectivity index (χ0v) is 33.2. The molecule has 0 aliphatic rings. The van der Waals surface area contributed by atoms with E-state index in [1.165, 1.54) is 24.3 Å². The standard InChI is InChI=1S/C39H58N4O8S/c1-12-19-49-37(47)26(6)20-29(21-28-17-15-14-16-18-28)40-34(45)30-23-52-35(41-30)32(50-27(7)44)22-31(24(3)4)43(11)36(46)33(25(5)13-2)42-38(48)51-39(8,9)10/h12,14-18,23-26,29,31-33H,1,13,19-22H2,2-11H3,(H,40,45)(H,42,48)/t25-,26?,29?,31?,32?,33-/m0/s1. The largest absolute Gasteiger partial charge is 0.461 e. The number of esters is 2. The average Bonchev–Trinajstić information content (AvgIpc) is 3.57. The third-order valence-electron chi connectivity index (χ3n) is 8.60. The molecule has 0 radical (unpaired) electrons. The van der Waals surface area contributed by atoms with Gasteiger partial charge in [0.05, 0.1) is 5.92 Å². The Kier molecular flexibility index (Phi) is 17.5. The lowest BCUT2D eigenvalue weighted by Gasteiger charge is -2.37. The van der Waals surface area contributed by atoms with Crippen LogP contribution in [0.4, 0.5) is 4.79 Å². The van der Waals surface area contributed by atoms with Crippen molar-refractivity contribution in [3.8, 4) is 0 Å². The summed E-state index contributed by atoms with van der Waals surface area (Å²) >= 11 is 1.18. The Labute approximate surface area is 313 Å². The number of alkyl carbamates (subject to hydrolysis) is 1. The van der Waals surface area contributed by atoms with Crippen molar-refractivity contribution in [2.75, 3.05) is 13.7 Å². The molecule has 2 N–H and O–H groups in total. The molecule has 1 heterocycles. The summed E-state index contributed by atoms with van der Waals surface area (Å²) in [6.45, 7) is 19.8. The van der Waals surface area contributed by atoms with Gasteiger partial charge in [0.25, 0.3) is 5.91 Å². The van der Waals surface area contributed by atoms with Crippen LogP contribution < -0.4 is 10.6 Å². The maximum atomic E-state index is 14.0. The van der Waals surface area contributed by atoms with Gasteiger partial charge in [0.2, 0.25) is 5.91 Å². The molecule has 0 aliphatic heterocycles. The van der Waals surface area contributed by atoms with Crippen molar-refractivity contribution in [3.63, 3.8) is 0 Å². The van der Waals surface area contributed by atoms with Gasteiger partial charge in [-0.2, -0.15) is 0 Å². The number of aromatic nitrogens is 1. The predicted octanol–water partition coefficient (Wildman–Crippen LogP) is 6.66. The minimum absolute atomic E-state index is 0.0762. The molecule has 0 aliphatic carbocycles. The van der Waals surface area contributed by atoms with Crippen molar-refractivity contribution >= 4 is 41.2 Å². The van der Waals surface area contributed by atoms with E-state index in [0.29, 0.717) is 24.3 Å². The van der Waals surface area contributed by atoms with Crippen LogP contribution in [0.1, 0.15) is 109 Å². The van der Waals surface area contributed by atoms with E-state index in [0.717, 1.165) is 5.56 Å². The molecule has 0 spiro atoms. The Hall–Kier alpha value is -4.26. The first-order valence-corrected chi connectivity index (χ1v) is 18.8. The zero-order chi connectivity index (χ0) is 39.2. The second-order valence-electron chi connectivity index (χ2n) is 14.6. The molecule has 0 bridgehead atoms. The monoisotopic (exact) mass is 742 g/mol. The second-order valence-corrected chi connectivity index (χ2v) is 15.5. The molecule has 52 heavy (non-hydrogen) atoms. The summed E-state index contributed by atoms with van der Waals surface area (Å²) in [5.41, 5.74) is 0.394. The fourth-order valence-corrected chi connectivity index (χ4v) is 6.53. The van der Waals surface area contributed by atoms with Gasteiger partial charge in [-0.25, -0.2) is 9.78 Å². The van der Waals surface area contributed by atoms with E-state index in [-0.39, 0.29) is 42.4 Å². The van der Waals surface area contributed by atoms with Crippen LogP contribution in [0.25, 0.3) is 0 Å². The summed E-state index contributed by atoms with van der Waals surface area (Å²) in [6.07, 6.45) is 1.62. The zero-order valence-electron chi connectivity index (χ0n) is 32.4. The molecule has 2 rings (SSSR count). The SMILES string of the molecule is C=CCOC(=O)C(C)CC(Cc1ccccc1)NC(=O)c1csc(C(CC(C(C)C)N(C)C(=O)[C@@H](NC(=O)OC(C)(C)C)[C@@H](C)CC)OC(C)=O)n1. The summed E-state index contributed by atoms with van der Waals surface area (Å²) in [6, 6.07) is 7.96. The smallest absolute Gasteiger partial charge is 0.408 e. The van der Waals surface area contributed by atoms with E-state index in [1.807, 2.05) is 58.0 Å². The predicted molar refractivity (Wildman–Crippen MR) is 202 cm³/mol. The summed E-state index contributed by atoms with van der Waals surface area (Å²) in [7, 11) is 1.67. The highest BCUT2D eigenvalue weighted by Crippen LogP contribution is 2.31. The molecule has 0 saturated heterocycles. The Morgan fingerprint density at radius 2 is 1.67 bits per heavy atom. The molecule has 6 atom stereocenters. The topological polar surface area (TPSA) is 153 Å². The molecule has 288 valence electrons. The van der Waals surface area contributed by atoms with Gasteiger partial charge >= 0.3 is 18.0 Å². The number of nitrogens with one attached hydrogen (secondary N) is 2. The number of hydrogen-bond donors (Lipinski definition) is 2. The van der Waals surface area contributed by atoms with E-state index < -0.39 is 53.7 Å². The number of benzene rings is 1. The number of amides is 3. The van der Waals surface area contributed by atoms with E-state index in [4.69, 9.17) is 14.2 Å². The van der Waals surface area contributed by atoms with Crippen molar-refractivity contribution in [1.29, 1.82) is 0 Å². The van der Waals surface area contributed by atoms with Gasteiger partial charge < -0.3 is 29.7 Å². The van der Waals surface area contributed by atoms with Gasteiger partial charge in [-0.05, 0) is 51.0 Å². The molecular weight excluding hydrogens is 685 g/mol. The second kappa shape index (κ2) is 20.7. The summed E-state index contributed by atoms with van der Waals surface area (Å²) in [5.74, 6) is -2.40. The van der Waals surface area contributed by atoms with E-state index in [9.17, 15) is 24.0 Å². The fourth-order valence-electron chi connectivity index (χ4n) is 5.69. The van der Waals surface area contributed by atoms with Crippen LogP contribution in [-0.4, -0.2) is 77.1 Å². The van der Waals surface area contributed by atoms with Crippen LogP contribution in [-0.2, 0) is 35.0 Å². The number of nitrogens with zero attached hydrogens (tertiary/aromatic N) is 2. The van der Waals surface area contributed by atoms with Gasteiger partial charge in [-0.1, -0.05) is 84.0 Å². The van der Waals surface area contributed by atoms with Crippen LogP contribution in [0.2, 0.25) is 0 Å². The molecule has 0 fully saturated rings. The Balaban J connectivity index is 2.32. The lowest BCUT2D eigenvalue weighted by molar-refractivity contribution is -0.149. The highest BCUT2D eigenvalue weighted by atomic mass is 32.1. The minimum Gasteiger partial charge on any atom is -0.461 e. The lowest BCUT2D eigenvalue weighted by Crippen LogP contribution is -2.55. The number of hydrogen-bond acceptors (Lipinski definition) is 10. The number of carbonyl (C=O) groups excluding carboxylic acids is 5. The van der Waals surface area contributed by atoms with Crippen LogP contribution in [0.3, 0.4) is 0 Å². The lowest BCUT2D eigenvalue weighted by atomic mass is 9.93. The summed E-state index contributed by atoms with van der Waals surface area (Å²) in [4.78, 5) is 71.3. The first kappa shape index (κ1) is 43.9. The molecule has 0 saturated carbocycles. The maximum absolute atomic E-state index is 14.0. The Bertz CT molecular complexity index is 1490. The molecule has 1 aromatic carbocycles. The van der Waals surface area contributed by atoms with Crippen molar-refractivity contribution in [1.82, 2.24) is 20.5 Å². The third-order valence-corrected chi connectivity index (χ3v) is 9.54. The Morgan fingerprint density at radius 1 is 1.02 bits per heavy atom. The van der Waals surface area contributed by atoms with Crippen LogP contribution in [0, 0.1) is 17.8 Å². The number of rotatable bonds is 19. The van der Waals surface area contributed by atoms with Gasteiger partial charge in [0.15, 0.2) is 6.10 Å². The first-order chi connectivity index (χ1) is 24.4. The van der Waals surface area contributed by atoms with Gasteiger partial charge in [-0.15, -0.1) is 11.3 Å². The highest BCUT2D eigenvalue weighted by Gasteiger charge is 2.36. The van der Waals surface area contributed by atoms with Crippen LogP contribution >= 0.6 is 11.3 Å². The number of thiazole rings is 1. The van der Waals surface area contributed by atoms with E-state index in [1.54, 1.807) is 45.0 Å². The van der Waals surface area contributed by atoms with Crippen molar-refractivity contribution in [2.45, 2.75) is 118 Å². The normalized spacial score (nSPS) is 14.9. The average molecular weight is 743 g/mol. The van der Waals surface area contributed by atoms with Crippen molar-refractivity contribution in [2.24, 2.45) is 17.8 Å². The van der Waals surface area contributed by atoms with Gasteiger partial charge in [0.1, 0.15) is 29.0 Å². The summed E-state index contributed by atoms with van der Waals surface area (Å²) < 4.78 is 16.4. The van der Waals surface area contributed by atoms with Crippen molar-refractivity contribution < 1.29 is 38.2 Å². The number of carbonyl (C=O) groups is 5. The molecule has 4 unspecified atom stereocenters. The first-order valence-electron chi connectivity index (χ1n) is 17.9. The molecule has 2 aromatic rings. The summed E-state index contributed by atoms with van der Waals surface area (Å²) in [5, 5.41) is 7.81. The molecule has 1 aromatic heterocycles. The van der Waals surface area contributed by atoms with Gasteiger partial charge in [0, 0.05) is 37.9 Å². The number of likely N-dealkylation sites (N-methyl/N-ethyl adjacent to an activating group) is 1. The fraction of sp³-hybridized carbons (Fsp3) is 0.590. The number of ether oxygens (including phenoxy) is 3. The van der Waals surface area contributed by atoms with Crippen LogP contribution in [0.5, 0.6) is 0 Å². The molecule has 13 heteroatoms. The van der Waals surface area contributed by atoms with Crippen molar-refractivity contribution in [3.05, 3.63) is 64.6 Å². The van der Waals surface area contributed by atoms with Gasteiger partial charge in [-0.3, -0.25) is 19.2 Å².